The first kappa shape index (κ1) is 24.1. The summed E-state index contributed by atoms with van der Waals surface area (Å²) in [6.45, 7) is 2.08. The Labute approximate surface area is 223 Å². The zero-order chi connectivity index (χ0) is 26.8. The number of aromatic nitrogens is 2. The van der Waals surface area contributed by atoms with Crippen molar-refractivity contribution in [3.05, 3.63) is 125 Å². The second-order valence-corrected chi connectivity index (χ2v) is 8.88. The Bertz CT molecular complexity index is 1900. The lowest BCUT2D eigenvalue weighted by Crippen LogP contribution is -2.05. The van der Waals surface area contributed by atoms with Crippen molar-refractivity contribution in [2.24, 2.45) is 4.99 Å². The maximum atomic E-state index is 13.2. The van der Waals surface area contributed by atoms with Gasteiger partial charge in [-0.25, -0.2) is 14.3 Å². The fourth-order valence-corrected chi connectivity index (χ4v) is 4.48. The van der Waals surface area contributed by atoms with Gasteiger partial charge < -0.3 is 9.15 Å². The van der Waals surface area contributed by atoms with Crippen LogP contribution < -0.4 is 5.63 Å². The van der Waals surface area contributed by atoms with Gasteiger partial charge in [0.25, 0.3) is 0 Å². The van der Waals surface area contributed by atoms with Crippen LogP contribution >= 0.6 is 0 Å². The summed E-state index contributed by atoms with van der Waals surface area (Å²) in [5, 5.41) is 7.64. The third-order valence-corrected chi connectivity index (χ3v) is 6.39. The molecule has 0 radical (unpaired) electrons. The third kappa shape index (κ3) is 4.73. The van der Waals surface area contributed by atoms with E-state index in [-0.39, 0.29) is 5.97 Å². The lowest BCUT2D eigenvalue weighted by atomic mass is 10.0. The molecule has 0 saturated carbocycles. The second-order valence-electron chi connectivity index (χ2n) is 8.88. The van der Waals surface area contributed by atoms with Crippen LogP contribution in [0.4, 0.5) is 5.69 Å². The summed E-state index contributed by atoms with van der Waals surface area (Å²) in [6.07, 6.45) is 3.49. The van der Waals surface area contributed by atoms with Crippen molar-refractivity contribution >= 4 is 39.6 Å². The van der Waals surface area contributed by atoms with Crippen LogP contribution in [-0.4, -0.2) is 28.6 Å². The number of aliphatic imine (C=N–C) groups is 1. The highest BCUT2D eigenvalue weighted by Gasteiger charge is 2.17. The predicted octanol–water partition coefficient (Wildman–Crippen LogP) is 6.73. The molecule has 0 spiro atoms. The highest BCUT2D eigenvalue weighted by atomic mass is 16.5. The molecule has 0 bridgehead atoms. The number of carbonyl (C=O) groups is 1. The van der Waals surface area contributed by atoms with Gasteiger partial charge in [-0.15, -0.1) is 0 Å². The third-order valence-electron chi connectivity index (χ3n) is 6.39. The fourth-order valence-electron chi connectivity index (χ4n) is 4.48. The summed E-state index contributed by atoms with van der Waals surface area (Å²) >= 11 is 0. The predicted molar refractivity (Wildman–Crippen MR) is 152 cm³/mol. The summed E-state index contributed by atoms with van der Waals surface area (Å²) in [7, 11) is 0. The number of nitrogens with zero attached hydrogens (tertiary/aromatic N) is 3. The SMILES string of the molecule is CCOC(=O)c1ccc(N=Cc2cn(-c3ccccc3)nc2-c2cc3c(ccc4ccccc43)oc2=O)cc1. The molecule has 0 aliphatic heterocycles. The molecular weight excluding hydrogens is 490 g/mol. The number of benzene rings is 4. The van der Waals surface area contributed by atoms with Crippen molar-refractivity contribution in [1.82, 2.24) is 9.78 Å². The molecule has 190 valence electrons. The summed E-state index contributed by atoms with van der Waals surface area (Å²) in [5.41, 5.74) is 3.40. The van der Waals surface area contributed by atoms with Gasteiger partial charge in [-0.05, 0) is 66.2 Å². The molecule has 0 unspecified atom stereocenters. The molecule has 0 aliphatic rings. The number of fused-ring (bicyclic) bond motifs is 3. The van der Waals surface area contributed by atoms with Gasteiger partial charge in [0, 0.05) is 23.4 Å². The minimum atomic E-state index is -0.482. The number of hydrogen-bond donors (Lipinski definition) is 0. The van der Waals surface area contributed by atoms with Gasteiger partial charge in [0.1, 0.15) is 11.3 Å². The Kier molecular flexibility index (Phi) is 6.31. The number of ether oxygens (including phenoxy) is 1. The molecule has 0 atom stereocenters. The Balaban J connectivity index is 1.47. The average Bonchev–Trinajstić information content (AvgIpc) is 3.40. The van der Waals surface area contributed by atoms with Crippen LogP contribution in [-0.2, 0) is 4.74 Å². The van der Waals surface area contributed by atoms with Crippen molar-refractivity contribution in [1.29, 1.82) is 0 Å². The van der Waals surface area contributed by atoms with Crippen molar-refractivity contribution in [2.45, 2.75) is 6.92 Å². The minimum Gasteiger partial charge on any atom is -0.462 e. The molecule has 7 nitrogen and oxygen atoms in total. The first-order valence-corrected chi connectivity index (χ1v) is 12.5. The zero-order valence-electron chi connectivity index (χ0n) is 21.1. The summed E-state index contributed by atoms with van der Waals surface area (Å²) < 4.78 is 12.5. The molecule has 4 aromatic carbocycles. The summed E-state index contributed by atoms with van der Waals surface area (Å²) in [6, 6.07) is 30.0. The number of carbonyl (C=O) groups excluding carboxylic acids is 1. The molecule has 0 amide bonds. The smallest absolute Gasteiger partial charge is 0.345 e. The first-order valence-electron chi connectivity index (χ1n) is 12.5. The molecule has 39 heavy (non-hydrogen) atoms. The van der Waals surface area contributed by atoms with Crippen LogP contribution in [0, 0.1) is 0 Å². The molecule has 2 aromatic heterocycles. The maximum Gasteiger partial charge on any atom is 0.345 e. The van der Waals surface area contributed by atoms with Crippen LogP contribution in [0.5, 0.6) is 0 Å². The fraction of sp³-hybridized carbons (Fsp3) is 0.0625. The van der Waals surface area contributed by atoms with Gasteiger partial charge in [0.15, 0.2) is 0 Å². The molecule has 6 aromatic rings. The molecule has 0 aliphatic carbocycles. The number of rotatable bonds is 6. The van der Waals surface area contributed by atoms with E-state index in [1.54, 1.807) is 42.1 Å². The molecule has 7 heteroatoms. The van der Waals surface area contributed by atoms with Gasteiger partial charge in [0.2, 0.25) is 0 Å². The molecule has 0 saturated heterocycles. The molecule has 0 fully saturated rings. The van der Waals surface area contributed by atoms with E-state index in [0.717, 1.165) is 21.8 Å². The van der Waals surface area contributed by atoms with E-state index in [1.807, 2.05) is 79.0 Å². The number of esters is 1. The number of para-hydroxylation sites is 1. The summed E-state index contributed by atoms with van der Waals surface area (Å²) in [5.74, 6) is -0.380. The average molecular weight is 514 g/mol. The molecule has 0 N–H and O–H groups in total. The number of hydrogen-bond acceptors (Lipinski definition) is 6. The van der Waals surface area contributed by atoms with Crippen LogP contribution in [0.1, 0.15) is 22.8 Å². The second kappa shape index (κ2) is 10.2. The van der Waals surface area contributed by atoms with E-state index >= 15 is 0 Å². The standard InChI is InChI=1S/C32H23N3O4/c1-2-38-31(36)22-12-15-24(16-13-22)33-19-23-20-35(25-9-4-3-5-10-25)34-30(23)28-18-27-26-11-7-6-8-21(26)14-17-29(27)39-32(28)37/h3-20H,2H2,1H3. The van der Waals surface area contributed by atoms with E-state index in [4.69, 9.17) is 14.3 Å². The van der Waals surface area contributed by atoms with Crippen LogP contribution in [0.3, 0.4) is 0 Å². The van der Waals surface area contributed by atoms with Gasteiger partial charge in [-0.3, -0.25) is 4.99 Å². The Morgan fingerprint density at radius 3 is 2.51 bits per heavy atom. The normalized spacial score (nSPS) is 11.4. The van der Waals surface area contributed by atoms with Crippen LogP contribution in [0.2, 0.25) is 0 Å². The van der Waals surface area contributed by atoms with E-state index in [0.29, 0.717) is 40.3 Å². The van der Waals surface area contributed by atoms with E-state index in [2.05, 4.69) is 4.99 Å². The van der Waals surface area contributed by atoms with Gasteiger partial charge >= 0.3 is 11.6 Å². The summed E-state index contributed by atoms with van der Waals surface area (Å²) in [4.78, 5) is 29.8. The highest BCUT2D eigenvalue weighted by Crippen LogP contribution is 2.29. The van der Waals surface area contributed by atoms with Gasteiger partial charge in [0.05, 0.1) is 29.1 Å². The molecule has 6 rings (SSSR count). The van der Waals surface area contributed by atoms with Crippen molar-refractivity contribution < 1.29 is 13.9 Å². The van der Waals surface area contributed by atoms with Crippen molar-refractivity contribution in [2.75, 3.05) is 6.61 Å². The van der Waals surface area contributed by atoms with Gasteiger partial charge in [-0.1, -0.05) is 48.5 Å². The Morgan fingerprint density at radius 1 is 0.949 bits per heavy atom. The first-order chi connectivity index (χ1) is 19.1. The lowest BCUT2D eigenvalue weighted by Gasteiger charge is -2.05. The van der Waals surface area contributed by atoms with Crippen LogP contribution in [0.15, 0.2) is 117 Å². The van der Waals surface area contributed by atoms with E-state index < -0.39 is 5.63 Å². The zero-order valence-corrected chi connectivity index (χ0v) is 21.1. The lowest BCUT2D eigenvalue weighted by molar-refractivity contribution is 0.0526. The van der Waals surface area contributed by atoms with E-state index in [1.165, 1.54) is 0 Å². The molecule has 2 heterocycles. The van der Waals surface area contributed by atoms with Gasteiger partial charge in [-0.2, -0.15) is 5.10 Å². The van der Waals surface area contributed by atoms with Crippen molar-refractivity contribution in [3.63, 3.8) is 0 Å². The minimum absolute atomic E-state index is 0.311. The maximum absolute atomic E-state index is 13.2. The highest BCUT2D eigenvalue weighted by molar-refractivity contribution is 6.06. The monoisotopic (exact) mass is 513 g/mol. The van der Waals surface area contributed by atoms with E-state index in [9.17, 15) is 9.59 Å². The van der Waals surface area contributed by atoms with Crippen molar-refractivity contribution in [3.8, 4) is 16.9 Å². The Hall–Kier alpha value is -5.30. The molecular formula is C32H23N3O4. The Morgan fingerprint density at radius 2 is 1.72 bits per heavy atom. The topological polar surface area (TPSA) is 86.7 Å². The quantitative estimate of drug-likeness (QED) is 0.107. The van der Waals surface area contributed by atoms with Crippen LogP contribution in [0.25, 0.3) is 38.7 Å². The largest absolute Gasteiger partial charge is 0.462 e.